The van der Waals surface area contributed by atoms with E-state index in [1.54, 1.807) is 12.1 Å². The van der Waals surface area contributed by atoms with E-state index in [0.717, 1.165) is 5.56 Å². The second-order valence-corrected chi connectivity index (χ2v) is 5.87. The predicted octanol–water partition coefficient (Wildman–Crippen LogP) is 2.09. The molecule has 1 aromatic carbocycles. The maximum absolute atomic E-state index is 12.1. The van der Waals surface area contributed by atoms with Gasteiger partial charge in [0.25, 0.3) is 0 Å². The van der Waals surface area contributed by atoms with Crippen molar-refractivity contribution in [3.63, 3.8) is 0 Å². The van der Waals surface area contributed by atoms with Crippen molar-refractivity contribution < 1.29 is 14.3 Å². The molecule has 0 aliphatic heterocycles. The molecule has 0 heterocycles. The molecular formula is C15H22N2O3. The summed E-state index contributed by atoms with van der Waals surface area (Å²) < 4.78 is 4.72. The minimum atomic E-state index is -0.672. The first-order valence-corrected chi connectivity index (χ1v) is 6.42. The molecule has 0 aliphatic rings. The van der Waals surface area contributed by atoms with Crippen LogP contribution in [-0.4, -0.2) is 25.0 Å². The topological polar surface area (TPSA) is 81.4 Å². The van der Waals surface area contributed by atoms with Gasteiger partial charge in [-0.1, -0.05) is 32.4 Å². The van der Waals surface area contributed by atoms with E-state index < -0.39 is 12.0 Å². The molecular weight excluding hydrogens is 256 g/mol. The Kier molecular flexibility index (Phi) is 4.89. The summed E-state index contributed by atoms with van der Waals surface area (Å²) >= 11 is 0. The lowest BCUT2D eigenvalue weighted by Gasteiger charge is -2.26. The molecule has 0 radical (unpaired) electrons. The summed E-state index contributed by atoms with van der Waals surface area (Å²) in [6.07, 6.45) is 0. The first-order chi connectivity index (χ1) is 9.16. The van der Waals surface area contributed by atoms with Crippen LogP contribution in [0.1, 0.15) is 36.7 Å². The smallest absolute Gasteiger partial charge is 0.339 e. The lowest BCUT2D eigenvalue weighted by molar-refractivity contribution is -0.119. The third kappa shape index (κ3) is 3.81. The molecule has 1 atom stereocenters. The van der Waals surface area contributed by atoms with Crippen molar-refractivity contribution in [3.05, 3.63) is 29.3 Å². The highest BCUT2D eigenvalue weighted by Gasteiger charge is 2.28. The lowest BCUT2D eigenvalue weighted by Crippen LogP contribution is -2.45. The summed E-state index contributed by atoms with van der Waals surface area (Å²) in [5.41, 5.74) is 7.18. The van der Waals surface area contributed by atoms with E-state index in [2.05, 4.69) is 5.32 Å². The number of carbonyl (C=O) groups is 2. The van der Waals surface area contributed by atoms with Crippen LogP contribution in [0.2, 0.25) is 0 Å². The van der Waals surface area contributed by atoms with Gasteiger partial charge in [0.1, 0.15) is 0 Å². The number of hydrogen-bond acceptors (Lipinski definition) is 4. The Morgan fingerprint density at radius 1 is 1.30 bits per heavy atom. The molecule has 0 aliphatic carbocycles. The second kappa shape index (κ2) is 6.05. The SMILES string of the molecule is COC(=O)c1cc(C)ccc1NC(=O)[C@@H](N)C(C)(C)C. The van der Waals surface area contributed by atoms with E-state index in [1.807, 2.05) is 33.8 Å². The van der Waals surface area contributed by atoms with Crippen molar-refractivity contribution in [2.24, 2.45) is 11.1 Å². The molecule has 0 unspecified atom stereocenters. The summed E-state index contributed by atoms with van der Waals surface area (Å²) in [5.74, 6) is -0.820. The Labute approximate surface area is 119 Å². The molecule has 0 saturated heterocycles. The van der Waals surface area contributed by atoms with Crippen molar-refractivity contribution in [2.75, 3.05) is 12.4 Å². The van der Waals surface area contributed by atoms with E-state index in [9.17, 15) is 9.59 Å². The number of ether oxygens (including phenoxy) is 1. The minimum Gasteiger partial charge on any atom is -0.465 e. The number of nitrogens with two attached hydrogens (primary N) is 1. The Hall–Kier alpha value is -1.88. The molecule has 110 valence electrons. The van der Waals surface area contributed by atoms with Crippen LogP contribution in [0, 0.1) is 12.3 Å². The van der Waals surface area contributed by atoms with Gasteiger partial charge in [-0.15, -0.1) is 0 Å². The molecule has 5 nitrogen and oxygen atoms in total. The maximum Gasteiger partial charge on any atom is 0.339 e. The maximum atomic E-state index is 12.1. The molecule has 3 N–H and O–H groups in total. The summed E-state index contributed by atoms with van der Waals surface area (Å²) in [6, 6.07) is 4.48. The summed E-state index contributed by atoms with van der Waals surface area (Å²) in [6.45, 7) is 7.51. The Morgan fingerprint density at radius 2 is 1.90 bits per heavy atom. The van der Waals surface area contributed by atoms with E-state index in [0.29, 0.717) is 11.3 Å². The van der Waals surface area contributed by atoms with E-state index >= 15 is 0 Å². The number of anilines is 1. The molecule has 20 heavy (non-hydrogen) atoms. The summed E-state index contributed by atoms with van der Waals surface area (Å²) in [5, 5.41) is 2.69. The van der Waals surface area contributed by atoms with Crippen molar-refractivity contribution >= 4 is 17.6 Å². The summed E-state index contributed by atoms with van der Waals surface area (Å²) in [4.78, 5) is 23.8. The van der Waals surface area contributed by atoms with E-state index in [-0.39, 0.29) is 11.3 Å². The fourth-order valence-corrected chi connectivity index (χ4v) is 1.65. The number of hydrogen-bond donors (Lipinski definition) is 2. The standard InChI is InChI=1S/C15H22N2O3/c1-9-6-7-11(10(8-9)14(19)20-5)17-13(18)12(16)15(2,3)4/h6-8,12H,16H2,1-5H3,(H,17,18)/t12-/m1/s1. The minimum absolute atomic E-state index is 0.321. The number of amides is 1. The van der Waals surface area contributed by atoms with Crippen LogP contribution in [0.3, 0.4) is 0 Å². The fourth-order valence-electron chi connectivity index (χ4n) is 1.65. The van der Waals surface area contributed by atoms with Gasteiger partial charge in [0.05, 0.1) is 24.4 Å². The van der Waals surface area contributed by atoms with Gasteiger partial charge in [-0.25, -0.2) is 4.79 Å². The largest absolute Gasteiger partial charge is 0.465 e. The van der Waals surface area contributed by atoms with Crippen molar-refractivity contribution in [2.45, 2.75) is 33.7 Å². The number of rotatable bonds is 3. The Balaban J connectivity index is 3.04. The zero-order valence-electron chi connectivity index (χ0n) is 12.6. The van der Waals surface area contributed by atoms with Gasteiger partial charge in [0.15, 0.2) is 0 Å². The van der Waals surface area contributed by atoms with Crippen molar-refractivity contribution in [1.29, 1.82) is 0 Å². The molecule has 5 heteroatoms. The average molecular weight is 278 g/mol. The van der Waals surface area contributed by atoms with Gasteiger partial charge in [0, 0.05) is 0 Å². The van der Waals surface area contributed by atoms with Crippen LogP contribution < -0.4 is 11.1 Å². The van der Waals surface area contributed by atoms with Gasteiger partial charge in [-0.05, 0) is 24.5 Å². The molecule has 0 bridgehead atoms. The summed E-state index contributed by atoms with van der Waals surface area (Å²) in [7, 11) is 1.30. The monoisotopic (exact) mass is 278 g/mol. The second-order valence-electron chi connectivity index (χ2n) is 5.87. The highest BCUT2D eigenvalue weighted by molar-refractivity contribution is 6.03. The van der Waals surface area contributed by atoms with Gasteiger partial charge in [-0.3, -0.25) is 4.79 Å². The quantitative estimate of drug-likeness (QED) is 0.830. The van der Waals surface area contributed by atoms with Crippen LogP contribution in [0.4, 0.5) is 5.69 Å². The Morgan fingerprint density at radius 3 is 2.40 bits per heavy atom. The molecule has 0 saturated carbocycles. The number of nitrogens with one attached hydrogen (secondary N) is 1. The molecule has 0 fully saturated rings. The normalized spacial score (nSPS) is 12.7. The van der Waals surface area contributed by atoms with Crippen LogP contribution in [0.25, 0.3) is 0 Å². The number of benzene rings is 1. The van der Waals surface area contributed by atoms with Gasteiger partial charge in [0.2, 0.25) is 5.91 Å². The first-order valence-electron chi connectivity index (χ1n) is 6.42. The van der Waals surface area contributed by atoms with Gasteiger partial charge >= 0.3 is 5.97 Å². The highest BCUT2D eigenvalue weighted by Crippen LogP contribution is 2.22. The third-order valence-electron chi connectivity index (χ3n) is 3.05. The molecule has 1 aromatic rings. The zero-order chi connectivity index (χ0) is 15.5. The lowest BCUT2D eigenvalue weighted by atomic mass is 9.87. The van der Waals surface area contributed by atoms with Crippen LogP contribution in [0.5, 0.6) is 0 Å². The number of aryl methyl sites for hydroxylation is 1. The van der Waals surface area contributed by atoms with Crippen LogP contribution >= 0.6 is 0 Å². The highest BCUT2D eigenvalue weighted by atomic mass is 16.5. The van der Waals surface area contributed by atoms with Gasteiger partial charge < -0.3 is 15.8 Å². The van der Waals surface area contributed by atoms with Gasteiger partial charge in [-0.2, -0.15) is 0 Å². The third-order valence-corrected chi connectivity index (χ3v) is 3.05. The Bertz CT molecular complexity index is 518. The predicted molar refractivity (Wildman–Crippen MR) is 78.6 cm³/mol. The molecule has 0 spiro atoms. The fraction of sp³-hybridized carbons (Fsp3) is 0.467. The van der Waals surface area contributed by atoms with Crippen LogP contribution in [0.15, 0.2) is 18.2 Å². The van der Waals surface area contributed by atoms with E-state index in [4.69, 9.17) is 10.5 Å². The number of methoxy groups -OCH3 is 1. The van der Waals surface area contributed by atoms with Crippen molar-refractivity contribution in [3.8, 4) is 0 Å². The first kappa shape index (κ1) is 16.2. The zero-order valence-corrected chi connectivity index (χ0v) is 12.6. The van der Waals surface area contributed by atoms with Crippen molar-refractivity contribution in [1.82, 2.24) is 0 Å². The van der Waals surface area contributed by atoms with E-state index in [1.165, 1.54) is 7.11 Å². The number of esters is 1. The number of carbonyl (C=O) groups excluding carboxylic acids is 2. The average Bonchev–Trinajstić information content (AvgIpc) is 2.37. The van der Waals surface area contributed by atoms with Crippen LogP contribution in [-0.2, 0) is 9.53 Å². The molecule has 1 amide bonds. The molecule has 1 rings (SSSR count). The molecule has 0 aromatic heterocycles.